The van der Waals surface area contributed by atoms with Gasteiger partial charge in [0.1, 0.15) is 17.6 Å². The van der Waals surface area contributed by atoms with Crippen molar-refractivity contribution in [3.8, 4) is 11.8 Å². The first-order valence-corrected chi connectivity index (χ1v) is 5.76. The molecule has 0 atom stereocenters. The minimum atomic E-state index is -0.286. The standard InChI is InChI=1S/C15H13FN2O/c1-10-13(16)4-3-5-14(10)18-15-8-12(19-2)7-6-11(15)9-17/h3-8,18H,1-2H3. The Morgan fingerprint density at radius 2 is 2.00 bits per heavy atom. The number of anilines is 2. The number of hydrogen-bond acceptors (Lipinski definition) is 3. The lowest BCUT2D eigenvalue weighted by molar-refractivity contribution is 0.415. The average Bonchev–Trinajstić information content (AvgIpc) is 2.43. The third kappa shape index (κ3) is 2.66. The molecule has 0 aromatic heterocycles. The van der Waals surface area contributed by atoms with E-state index in [1.54, 1.807) is 44.4 Å². The quantitative estimate of drug-likeness (QED) is 0.909. The van der Waals surface area contributed by atoms with Gasteiger partial charge in [-0.05, 0) is 31.2 Å². The highest BCUT2D eigenvalue weighted by Crippen LogP contribution is 2.27. The highest BCUT2D eigenvalue weighted by Gasteiger charge is 2.08. The monoisotopic (exact) mass is 256 g/mol. The number of benzene rings is 2. The topological polar surface area (TPSA) is 45.0 Å². The molecule has 2 aromatic rings. The van der Waals surface area contributed by atoms with Crippen molar-refractivity contribution in [3.05, 3.63) is 53.3 Å². The van der Waals surface area contributed by atoms with Crippen LogP contribution in [0.2, 0.25) is 0 Å². The Morgan fingerprint density at radius 3 is 2.68 bits per heavy atom. The highest BCUT2D eigenvalue weighted by molar-refractivity contribution is 5.70. The molecule has 0 bridgehead atoms. The summed E-state index contributed by atoms with van der Waals surface area (Å²) in [7, 11) is 1.55. The molecule has 0 radical (unpaired) electrons. The average molecular weight is 256 g/mol. The first-order chi connectivity index (χ1) is 9.15. The molecule has 2 aromatic carbocycles. The summed E-state index contributed by atoms with van der Waals surface area (Å²) in [6, 6.07) is 12.0. The first kappa shape index (κ1) is 12.9. The van der Waals surface area contributed by atoms with Crippen LogP contribution in [-0.2, 0) is 0 Å². The smallest absolute Gasteiger partial charge is 0.128 e. The second-order valence-corrected chi connectivity index (χ2v) is 4.06. The van der Waals surface area contributed by atoms with Crippen LogP contribution in [0.3, 0.4) is 0 Å². The predicted molar refractivity (Wildman–Crippen MR) is 72.1 cm³/mol. The molecule has 19 heavy (non-hydrogen) atoms. The van der Waals surface area contributed by atoms with E-state index < -0.39 is 0 Å². The van der Waals surface area contributed by atoms with Gasteiger partial charge in [-0.25, -0.2) is 4.39 Å². The molecular formula is C15H13FN2O. The molecule has 0 spiro atoms. The van der Waals surface area contributed by atoms with Crippen molar-refractivity contribution in [2.45, 2.75) is 6.92 Å². The third-order valence-electron chi connectivity index (χ3n) is 2.88. The van der Waals surface area contributed by atoms with Gasteiger partial charge in [0.05, 0.1) is 18.4 Å². The fourth-order valence-corrected chi connectivity index (χ4v) is 1.74. The van der Waals surface area contributed by atoms with E-state index in [2.05, 4.69) is 11.4 Å². The van der Waals surface area contributed by atoms with Crippen LogP contribution in [0, 0.1) is 24.1 Å². The molecule has 0 unspecified atom stereocenters. The minimum Gasteiger partial charge on any atom is -0.497 e. The molecule has 1 N–H and O–H groups in total. The molecular weight excluding hydrogens is 243 g/mol. The summed E-state index contributed by atoms with van der Waals surface area (Å²) in [5.74, 6) is 0.349. The van der Waals surface area contributed by atoms with Gasteiger partial charge < -0.3 is 10.1 Å². The summed E-state index contributed by atoms with van der Waals surface area (Å²) in [6.45, 7) is 1.68. The zero-order chi connectivity index (χ0) is 13.8. The molecule has 3 nitrogen and oxygen atoms in total. The van der Waals surface area contributed by atoms with Crippen molar-refractivity contribution >= 4 is 11.4 Å². The van der Waals surface area contributed by atoms with E-state index in [4.69, 9.17) is 10.00 Å². The number of hydrogen-bond donors (Lipinski definition) is 1. The van der Waals surface area contributed by atoms with Crippen LogP contribution >= 0.6 is 0 Å². The van der Waals surface area contributed by atoms with Gasteiger partial charge in [0.15, 0.2) is 0 Å². The van der Waals surface area contributed by atoms with Crippen LogP contribution in [0.15, 0.2) is 36.4 Å². The number of nitriles is 1. The Bertz CT molecular complexity index is 647. The lowest BCUT2D eigenvalue weighted by Gasteiger charge is -2.12. The first-order valence-electron chi connectivity index (χ1n) is 5.76. The third-order valence-corrected chi connectivity index (χ3v) is 2.88. The van der Waals surface area contributed by atoms with Gasteiger partial charge in [0.25, 0.3) is 0 Å². The molecule has 0 aliphatic carbocycles. The summed E-state index contributed by atoms with van der Waals surface area (Å²) in [6.07, 6.45) is 0. The molecule has 0 amide bonds. The van der Waals surface area contributed by atoms with Crippen LogP contribution in [0.4, 0.5) is 15.8 Å². The van der Waals surface area contributed by atoms with E-state index in [1.165, 1.54) is 6.07 Å². The molecule has 0 saturated heterocycles. The van der Waals surface area contributed by atoms with Crippen LogP contribution in [0.5, 0.6) is 5.75 Å². The maximum Gasteiger partial charge on any atom is 0.128 e. The second kappa shape index (κ2) is 5.40. The molecule has 4 heteroatoms. The predicted octanol–water partition coefficient (Wildman–Crippen LogP) is 3.76. The van der Waals surface area contributed by atoms with Crippen LogP contribution in [-0.4, -0.2) is 7.11 Å². The van der Waals surface area contributed by atoms with Gasteiger partial charge >= 0.3 is 0 Å². The van der Waals surface area contributed by atoms with E-state index in [-0.39, 0.29) is 5.82 Å². The normalized spacial score (nSPS) is 9.79. The molecule has 0 aliphatic heterocycles. The van der Waals surface area contributed by atoms with E-state index in [0.717, 1.165) is 0 Å². The van der Waals surface area contributed by atoms with Gasteiger partial charge in [-0.1, -0.05) is 6.07 Å². The van der Waals surface area contributed by atoms with Crippen molar-refractivity contribution < 1.29 is 9.13 Å². The second-order valence-electron chi connectivity index (χ2n) is 4.06. The number of nitrogens with zero attached hydrogens (tertiary/aromatic N) is 1. The van der Waals surface area contributed by atoms with Crippen LogP contribution in [0.25, 0.3) is 0 Å². The van der Waals surface area contributed by atoms with Crippen LogP contribution in [0.1, 0.15) is 11.1 Å². The van der Waals surface area contributed by atoms with Gasteiger partial charge in [-0.15, -0.1) is 0 Å². The van der Waals surface area contributed by atoms with E-state index in [1.807, 2.05) is 0 Å². The highest BCUT2D eigenvalue weighted by atomic mass is 19.1. The number of nitrogens with one attached hydrogen (secondary N) is 1. The fourth-order valence-electron chi connectivity index (χ4n) is 1.74. The summed E-state index contributed by atoms with van der Waals surface area (Å²) >= 11 is 0. The molecule has 96 valence electrons. The zero-order valence-electron chi connectivity index (χ0n) is 10.7. The fraction of sp³-hybridized carbons (Fsp3) is 0.133. The maximum absolute atomic E-state index is 13.5. The molecule has 0 fully saturated rings. The maximum atomic E-state index is 13.5. The molecule has 0 saturated carbocycles. The Labute approximate surface area is 111 Å². The number of rotatable bonds is 3. The number of methoxy groups -OCH3 is 1. The Morgan fingerprint density at radius 1 is 1.21 bits per heavy atom. The summed E-state index contributed by atoms with van der Waals surface area (Å²) in [5, 5.41) is 12.1. The Kier molecular flexibility index (Phi) is 3.67. The van der Waals surface area contributed by atoms with Gasteiger partial charge in [0, 0.05) is 17.3 Å². The zero-order valence-corrected chi connectivity index (χ0v) is 10.7. The van der Waals surface area contributed by atoms with Crippen molar-refractivity contribution in [2.24, 2.45) is 0 Å². The van der Waals surface area contributed by atoms with Gasteiger partial charge in [-0.2, -0.15) is 5.26 Å². The Hall–Kier alpha value is -2.54. The minimum absolute atomic E-state index is 0.286. The van der Waals surface area contributed by atoms with Crippen molar-refractivity contribution in [3.63, 3.8) is 0 Å². The number of halogens is 1. The van der Waals surface area contributed by atoms with Crippen LogP contribution < -0.4 is 10.1 Å². The lowest BCUT2D eigenvalue weighted by Crippen LogP contribution is -1.98. The largest absolute Gasteiger partial charge is 0.497 e. The summed E-state index contributed by atoms with van der Waals surface area (Å²) in [5.41, 5.74) is 2.21. The number of ether oxygens (including phenoxy) is 1. The molecule has 0 aliphatic rings. The molecule has 0 heterocycles. The van der Waals surface area contributed by atoms with Crippen molar-refractivity contribution in [1.82, 2.24) is 0 Å². The van der Waals surface area contributed by atoms with E-state index in [0.29, 0.717) is 28.3 Å². The summed E-state index contributed by atoms with van der Waals surface area (Å²) < 4.78 is 18.6. The Balaban J connectivity index is 2.42. The summed E-state index contributed by atoms with van der Waals surface area (Å²) in [4.78, 5) is 0. The SMILES string of the molecule is COc1ccc(C#N)c(Nc2cccc(F)c2C)c1. The van der Waals surface area contributed by atoms with E-state index in [9.17, 15) is 4.39 Å². The van der Waals surface area contributed by atoms with Crippen molar-refractivity contribution in [1.29, 1.82) is 5.26 Å². The molecule has 2 rings (SSSR count). The lowest BCUT2D eigenvalue weighted by atomic mass is 10.1. The van der Waals surface area contributed by atoms with E-state index >= 15 is 0 Å². The van der Waals surface area contributed by atoms with Crippen molar-refractivity contribution in [2.75, 3.05) is 12.4 Å². The van der Waals surface area contributed by atoms with Gasteiger partial charge in [-0.3, -0.25) is 0 Å². The van der Waals surface area contributed by atoms with Gasteiger partial charge in [0.2, 0.25) is 0 Å².